The Balaban J connectivity index is 1.39. The Morgan fingerprint density at radius 2 is 1.73 bits per heavy atom. The second-order valence-corrected chi connectivity index (χ2v) is 10.9. The molecule has 2 atom stereocenters. The molecule has 0 aliphatic heterocycles. The molecule has 2 aliphatic rings. The van der Waals surface area contributed by atoms with Gasteiger partial charge in [-0.15, -0.1) is 0 Å². The normalized spacial score (nSPS) is 19.1. The van der Waals surface area contributed by atoms with Crippen molar-refractivity contribution in [3.63, 3.8) is 0 Å². The number of halogens is 6. The molecule has 2 N–H and O–H groups in total. The SMILES string of the molecule is O=C(CCC(F)(F)F)N[C@@H](c1cnn2cc([C@@H](NC(=O)c3cccc(F)c3)C3CCC(F)(F)CC3)nc2c1)C1CC1. The molecule has 1 aromatic carbocycles. The molecule has 5 rings (SSSR count). The molecule has 2 aromatic heterocycles. The molecule has 2 amide bonds. The smallest absolute Gasteiger partial charge is 0.349 e. The molecule has 2 heterocycles. The van der Waals surface area contributed by atoms with Gasteiger partial charge in [-0.05, 0) is 67.3 Å². The van der Waals surface area contributed by atoms with Crippen LogP contribution in [0.3, 0.4) is 0 Å². The number of imidazole rings is 1. The number of hydrogen-bond donors (Lipinski definition) is 2. The lowest BCUT2D eigenvalue weighted by molar-refractivity contribution is -0.144. The van der Waals surface area contributed by atoms with Crippen LogP contribution in [-0.4, -0.2) is 38.5 Å². The van der Waals surface area contributed by atoms with E-state index >= 15 is 0 Å². The quantitative estimate of drug-likeness (QED) is 0.300. The van der Waals surface area contributed by atoms with Crippen molar-refractivity contribution in [3.05, 3.63) is 65.4 Å². The summed E-state index contributed by atoms with van der Waals surface area (Å²) in [6, 6.07) is 5.52. The number of benzene rings is 1. The highest BCUT2D eigenvalue weighted by atomic mass is 19.4. The highest BCUT2D eigenvalue weighted by Crippen LogP contribution is 2.43. The second kappa shape index (κ2) is 11.3. The van der Waals surface area contributed by atoms with Crippen LogP contribution in [0.4, 0.5) is 26.3 Å². The van der Waals surface area contributed by atoms with Crippen molar-refractivity contribution in [1.29, 1.82) is 0 Å². The fourth-order valence-electron chi connectivity index (χ4n) is 5.32. The molecule has 0 unspecified atom stereocenters. The highest BCUT2D eigenvalue weighted by Gasteiger charge is 2.40. The summed E-state index contributed by atoms with van der Waals surface area (Å²) in [5.74, 6) is -4.96. The molecule has 220 valence electrons. The molecule has 41 heavy (non-hydrogen) atoms. The molecule has 7 nitrogen and oxygen atoms in total. The number of amides is 2. The predicted molar refractivity (Wildman–Crippen MR) is 135 cm³/mol. The van der Waals surface area contributed by atoms with Gasteiger partial charge in [-0.2, -0.15) is 18.3 Å². The Bertz CT molecular complexity index is 1410. The molecule has 13 heteroatoms. The summed E-state index contributed by atoms with van der Waals surface area (Å²) in [4.78, 5) is 29.9. The minimum Gasteiger partial charge on any atom is -0.349 e. The molecular weight excluding hydrogens is 552 g/mol. The third-order valence-corrected chi connectivity index (χ3v) is 7.69. The Hall–Kier alpha value is -3.64. The zero-order valence-electron chi connectivity index (χ0n) is 21.9. The van der Waals surface area contributed by atoms with Gasteiger partial charge < -0.3 is 10.6 Å². The topological polar surface area (TPSA) is 88.4 Å². The van der Waals surface area contributed by atoms with Gasteiger partial charge in [0.15, 0.2) is 5.65 Å². The number of carbonyl (C=O) groups excluding carboxylic acids is 2. The van der Waals surface area contributed by atoms with Gasteiger partial charge in [-0.25, -0.2) is 22.7 Å². The van der Waals surface area contributed by atoms with E-state index in [2.05, 4.69) is 20.7 Å². The number of nitrogens with one attached hydrogen (secondary N) is 2. The Morgan fingerprint density at radius 3 is 2.39 bits per heavy atom. The Kier molecular flexibility index (Phi) is 7.97. The number of aromatic nitrogens is 3. The van der Waals surface area contributed by atoms with E-state index in [4.69, 9.17) is 0 Å². The first-order valence-corrected chi connectivity index (χ1v) is 13.5. The van der Waals surface area contributed by atoms with Gasteiger partial charge in [0, 0.05) is 24.8 Å². The van der Waals surface area contributed by atoms with Crippen molar-refractivity contribution in [2.24, 2.45) is 11.8 Å². The van der Waals surface area contributed by atoms with Crippen LogP contribution in [0.15, 0.2) is 42.7 Å². The second-order valence-electron chi connectivity index (χ2n) is 10.9. The van der Waals surface area contributed by atoms with Crippen LogP contribution in [0, 0.1) is 17.7 Å². The van der Waals surface area contributed by atoms with Gasteiger partial charge in [0.25, 0.3) is 5.91 Å². The molecular formula is C28H29F6N5O2. The maximum absolute atomic E-state index is 13.9. The lowest BCUT2D eigenvalue weighted by Gasteiger charge is -2.33. The predicted octanol–water partition coefficient (Wildman–Crippen LogP) is 6.07. The van der Waals surface area contributed by atoms with Gasteiger partial charge in [0.1, 0.15) is 5.82 Å². The maximum Gasteiger partial charge on any atom is 0.389 e. The van der Waals surface area contributed by atoms with Gasteiger partial charge >= 0.3 is 6.18 Å². The average molecular weight is 582 g/mol. The third kappa shape index (κ3) is 7.36. The van der Waals surface area contributed by atoms with E-state index in [0.717, 1.165) is 18.9 Å². The first kappa shape index (κ1) is 28.9. The van der Waals surface area contributed by atoms with Gasteiger partial charge in [0.2, 0.25) is 11.8 Å². The molecule has 2 fully saturated rings. The van der Waals surface area contributed by atoms with Crippen LogP contribution in [-0.2, 0) is 4.79 Å². The minimum absolute atomic E-state index is 0.0609. The first-order valence-electron chi connectivity index (χ1n) is 13.5. The lowest BCUT2D eigenvalue weighted by atomic mass is 9.81. The van der Waals surface area contributed by atoms with Crippen molar-refractivity contribution in [1.82, 2.24) is 25.2 Å². The number of carbonyl (C=O) groups is 2. The van der Waals surface area contributed by atoms with E-state index < -0.39 is 54.7 Å². The van der Waals surface area contributed by atoms with E-state index in [1.54, 1.807) is 12.3 Å². The fraction of sp³-hybridized carbons (Fsp3) is 0.500. The molecule has 2 saturated carbocycles. The van der Waals surface area contributed by atoms with Crippen LogP contribution in [0.2, 0.25) is 0 Å². The van der Waals surface area contributed by atoms with E-state index in [-0.39, 0.29) is 43.1 Å². The van der Waals surface area contributed by atoms with Crippen molar-refractivity contribution in [2.45, 2.75) is 75.5 Å². The number of rotatable bonds is 9. The fourth-order valence-corrected chi connectivity index (χ4v) is 5.32. The van der Waals surface area contributed by atoms with E-state index in [0.29, 0.717) is 16.9 Å². The minimum atomic E-state index is -4.44. The molecule has 0 spiro atoms. The zero-order chi connectivity index (χ0) is 29.4. The van der Waals surface area contributed by atoms with Crippen LogP contribution < -0.4 is 10.6 Å². The molecule has 0 bridgehead atoms. The summed E-state index contributed by atoms with van der Waals surface area (Å²) in [5.41, 5.74) is 1.40. The summed E-state index contributed by atoms with van der Waals surface area (Å²) >= 11 is 0. The molecule has 2 aliphatic carbocycles. The standard InChI is InChI=1S/C28H29F6N5O2/c29-20-3-1-2-18(12-20)26(41)38-25(17-6-9-27(30,31)10-7-17)21-15-39-22(36-21)13-19(14-35-39)24(16-4-5-16)37-23(40)8-11-28(32,33)34/h1-3,12-17,24-25H,4-11H2,(H,37,40)(H,38,41)/t24-,25+/m1/s1. The van der Waals surface area contributed by atoms with Crippen LogP contribution in [0.1, 0.15) is 85.1 Å². The zero-order valence-corrected chi connectivity index (χ0v) is 21.9. The van der Waals surface area contributed by atoms with Crippen LogP contribution in [0.25, 0.3) is 5.65 Å². The highest BCUT2D eigenvalue weighted by molar-refractivity contribution is 5.94. The van der Waals surface area contributed by atoms with Crippen LogP contribution in [0.5, 0.6) is 0 Å². The monoisotopic (exact) mass is 581 g/mol. The molecule has 3 aromatic rings. The van der Waals surface area contributed by atoms with Gasteiger partial charge in [-0.3, -0.25) is 9.59 Å². The summed E-state index contributed by atoms with van der Waals surface area (Å²) < 4.78 is 80.8. The summed E-state index contributed by atoms with van der Waals surface area (Å²) in [6.07, 6.45) is -2.03. The van der Waals surface area contributed by atoms with E-state index in [1.807, 2.05) is 0 Å². The number of hydrogen-bond acceptors (Lipinski definition) is 4. The van der Waals surface area contributed by atoms with Crippen LogP contribution >= 0.6 is 0 Å². The molecule has 0 saturated heterocycles. The Labute approximate surface area is 231 Å². The largest absolute Gasteiger partial charge is 0.389 e. The van der Waals surface area contributed by atoms with Gasteiger partial charge in [0.05, 0.1) is 36.6 Å². The number of nitrogens with zero attached hydrogens (tertiary/aromatic N) is 3. The lowest BCUT2D eigenvalue weighted by Crippen LogP contribution is -2.37. The maximum atomic E-state index is 13.9. The van der Waals surface area contributed by atoms with Crippen molar-refractivity contribution < 1.29 is 35.9 Å². The number of alkyl halides is 5. The average Bonchev–Trinajstić information content (AvgIpc) is 3.66. The van der Waals surface area contributed by atoms with E-state index in [9.17, 15) is 35.9 Å². The van der Waals surface area contributed by atoms with Gasteiger partial charge in [-0.1, -0.05) is 6.07 Å². The number of fused-ring (bicyclic) bond motifs is 1. The Morgan fingerprint density at radius 1 is 1.02 bits per heavy atom. The summed E-state index contributed by atoms with van der Waals surface area (Å²) in [7, 11) is 0. The molecule has 0 radical (unpaired) electrons. The van der Waals surface area contributed by atoms with Crippen molar-refractivity contribution >= 4 is 17.5 Å². The van der Waals surface area contributed by atoms with Crippen molar-refractivity contribution in [2.75, 3.05) is 0 Å². The van der Waals surface area contributed by atoms with Crippen molar-refractivity contribution in [3.8, 4) is 0 Å². The summed E-state index contributed by atoms with van der Waals surface area (Å²) in [6.45, 7) is 0. The first-order chi connectivity index (χ1) is 19.4. The summed E-state index contributed by atoms with van der Waals surface area (Å²) in [5, 5.41) is 9.91. The van der Waals surface area contributed by atoms with E-state index in [1.165, 1.54) is 28.9 Å². The third-order valence-electron chi connectivity index (χ3n) is 7.69.